The third kappa shape index (κ3) is 5.47. The second kappa shape index (κ2) is 9.41. The Bertz CT molecular complexity index is 1070. The minimum absolute atomic E-state index is 0.207. The van der Waals surface area contributed by atoms with Crippen LogP contribution < -0.4 is 9.47 Å². The fourth-order valence-electron chi connectivity index (χ4n) is 2.50. The van der Waals surface area contributed by atoms with Crippen molar-refractivity contribution in [2.75, 3.05) is 7.11 Å². The number of methoxy groups -OCH3 is 1. The van der Waals surface area contributed by atoms with E-state index in [1.807, 2.05) is 0 Å². The first-order valence-electron chi connectivity index (χ1n) is 8.60. The number of hydrogen-bond acceptors (Lipinski definition) is 4. The molecule has 0 radical (unpaired) electrons. The van der Waals surface area contributed by atoms with E-state index in [0.717, 1.165) is 0 Å². The fourth-order valence-corrected chi connectivity index (χ4v) is 2.97. The second-order valence-corrected chi connectivity index (χ2v) is 6.85. The molecular weight excluding hydrogens is 411 g/mol. The van der Waals surface area contributed by atoms with Crippen molar-refractivity contribution in [3.05, 3.63) is 99.5 Å². The zero-order valence-corrected chi connectivity index (χ0v) is 16.9. The molecule has 3 aromatic rings. The number of halogens is 2. The summed E-state index contributed by atoms with van der Waals surface area (Å²) in [5, 5.41) is 0.985. The monoisotopic (exact) mass is 426 g/mol. The van der Waals surface area contributed by atoms with E-state index < -0.39 is 5.97 Å². The molecule has 0 spiro atoms. The smallest absolute Gasteiger partial charge is 0.343 e. The number of carbonyl (C=O) groups is 2. The van der Waals surface area contributed by atoms with E-state index in [1.54, 1.807) is 72.8 Å². The Balaban J connectivity index is 1.66. The molecule has 3 rings (SSSR count). The summed E-state index contributed by atoms with van der Waals surface area (Å²) in [5.74, 6) is 0.175. The van der Waals surface area contributed by atoms with Gasteiger partial charge in [0, 0.05) is 15.6 Å². The minimum atomic E-state index is -0.514. The van der Waals surface area contributed by atoms with Gasteiger partial charge < -0.3 is 9.47 Å². The molecule has 0 fully saturated rings. The van der Waals surface area contributed by atoms with Gasteiger partial charge in [0.1, 0.15) is 11.5 Å². The van der Waals surface area contributed by atoms with E-state index in [-0.39, 0.29) is 5.78 Å². The van der Waals surface area contributed by atoms with Gasteiger partial charge in [-0.1, -0.05) is 35.3 Å². The van der Waals surface area contributed by atoms with Gasteiger partial charge in [0.25, 0.3) is 0 Å². The van der Waals surface area contributed by atoms with Gasteiger partial charge >= 0.3 is 5.97 Å². The largest absolute Gasteiger partial charge is 0.497 e. The van der Waals surface area contributed by atoms with E-state index >= 15 is 0 Å². The minimum Gasteiger partial charge on any atom is -0.497 e. The number of rotatable bonds is 6. The van der Waals surface area contributed by atoms with Gasteiger partial charge in [0.15, 0.2) is 5.78 Å². The lowest BCUT2D eigenvalue weighted by Gasteiger charge is -2.06. The van der Waals surface area contributed by atoms with Gasteiger partial charge in [0.2, 0.25) is 0 Å². The molecule has 0 saturated heterocycles. The number of ether oxygens (including phenoxy) is 2. The van der Waals surface area contributed by atoms with Gasteiger partial charge in [-0.2, -0.15) is 0 Å². The average Bonchev–Trinajstić information content (AvgIpc) is 2.73. The highest BCUT2D eigenvalue weighted by Gasteiger charge is 2.10. The van der Waals surface area contributed by atoms with Gasteiger partial charge in [-0.15, -0.1) is 0 Å². The molecule has 0 N–H and O–H groups in total. The third-order valence-corrected chi connectivity index (χ3v) is 4.59. The maximum absolute atomic E-state index is 12.3. The highest BCUT2D eigenvalue weighted by molar-refractivity contribution is 6.35. The summed E-state index contributed by atoms with van der Waals surface area (Å²) >= 11 is 12.0. The molecule has 0 heterocycles. The molecule has 29 heavy (non-hydrogen) atoms. The predicted octanol–water partition coefficient (Wildman–Crippen LogP) is 6.12. The molecule has 6 heteroatoms. The second-order valence-electron chi connectivity index (χ2n) is 6.01. The highest BCUT2D eigenvalue weighted by Crippen LogP contribution is 2.22. The lowest BCUT2D eigenvalue weighted by atomic mass is 10.1. The van der Waals surface area contributed by atoms with Gasteiger partial charge in [0.05, 0.1) is 12.7 Å². The number of allylic oxidation sites excluding steroid dienone is 1. The van der Waals surface area contributed by atoms with Crippen LogP contribution in [0.5, 0.6) is 11.5 Å². The molecule has 0 aromatic heterocycles. The van der Waals surface area contributed by atoms with Gasteiger partial charge in [-0.25, -0.2) is 4.79 Å². The first-order chi connectivity index (χ1) is 14.0. The molecule has 3 aromatic carbocycles. The van der Waals surface area contributed by atoms with Crippen molar-refractivity contribution in [2.24, 2.45) is 0 Å². The highest BCUT2D eigenvalue weighted by atomic mass is 35.5. The quantitative estimate of drug-likeness (QED) is 0.206. The molecule has 146 valence electrons. The van der Waals surface area contributed by atoms with Crippen LogP contribution in [0.3, 0.4) is 0 Å². The first kappa shape index (κ1) is 20.6. The topological polar surface area (TPSA) is 52.6 Å². The SMILES string of the molecule is COc1cccc(C(=O)Oc2ccc(C(=O)/C=C/c3ccc(Cl)cc3Cl)cc2)c1. The number of ketones is 1. The van der Waals surface area contributed by atoms with Crippen molar-refractivity contribution in [3.8, 4) is 11.5 Å². The molecule has 0 atom stereocenters. The summed E-state index contributed by atoms with van der Waals surface area (Å²) in [6, 6.07) is 18.0. The van der Waals surface area contributed by atoms with Crippen LogP contribution in [0.4, 0.5) is 0 Å². The number of benzene rings is 3. The van der Waals surface area contributed by atoms with Crippen LogP contribution in [0, 0.1) is 0 Å². The fraction of sp³-hybridized carbons (Fsp3) is 0.0435. The summed E-state index contributed by atoms with van der Waals surface area (Å²) in [6.07, 6.45) is 3.05. The van der Waals surface area contributed by atoms with Crippen molar-refractivity contribution in [1.29, 1.82) is 0 Å². The molecule has 0 aliphatic rings. The molecular formula is C23H16Cl2O4. The Labute approximate surface area is 178 Å². The zero-order chi connectivity index (χ0) is 20.8. The van der Waals surface area contributed by atoms with Crippen LogP contribution in [-0.4, -0.2) is 18.9 Å². The maximum atomic E-state index is 12.3. The van der Waals surface area contributed by atoms with Crippen molar-refractivity contribution >= 4 is 41.0 Å². The van der Waals surface area contributed by atoms with Crippen molar-refractivity contribution in [3.63, 3.8) is 0 Å². The summed E-state index contributed by atoms with van der Waals surface area (Å²) in [4.78, 5) is 24.6. The van der Waals surface area contributed by atoms with Gasteiger partial charge in [-0.3, -0.25) is 4.79 Å². The molecule has 0 amide bonds. The summed E-state index contributed by atoms with van der Waals surface area (Å²) in [6.45, 7) is 0. The van der Waals surface area contributed by atoms with Crippen LogP contribution in [0.15, 0.2) is 72.8 Å². The molecule has 0 bridgehead atoms. The van der Waals surface area contributed by atoms with Crippen LogP contribution in [0.2, 0.25) is 10.0 Å². The van der Waals surface area contributed by atoms with E-state index in [2.05, 4.69) is 0 Å². The predicted molar refractivity (Wildman–Crippen MR) is 114 cm³/mol. The standard InChI is InChI=1S/C23H16Cl2O4/c1-28-20-4-2-3-17(13-20)23(27)29-19-10-6-16(7-11-19)22(26)12-8-15-5-9-18(24)14-21(15)25/h2-14H,1H3/b12-8+. The Morgan fingerprint density at radius 1 is 0.862 bits per heavy atom. The van der Waals surface area contributed by atoms with E-state index in [1.165, 1.54) is 13.2 Å². The average molecular weight is 427 g/mol. The summed E-state index contributed by atoms with van der Waals surface area (Å²) < 4.78 is 10.4. The van der Waals surface area contributed by atoms with Crippen LogP contribution in [0.1, 0.15) is 26.3 Å². The van der Waals surface area contributed by atoms with Crippen molar-refractivity contribution in [1.82, 2.24) is 0 Å². The number of hydrogen-bond donors (Lipinski definition) is 0. The normalized spacial score (nSPS) is 10.7. The lowest BCUT2D eigenvalue weighted by Crippen LogP contribution is -2.08. The molecule has 0 aliphatic carbocycles. The van der Waals surface area contributed by atoms with E-state index in [9.17, 15) is 9.59 Å². The molecule has 4 nitrogen and oxygen atoms in total. The molecule has 0 unspecified atom stereocenters. The van der Waals surface area contributed by atoms with Gasteiger partial charge in [-0.05, 0) is 72.3 Å². The molecule has 0 saturated carbocycles. The van der Waals surface area contributed by atoms with E-state index in [4.69, 9.17) is 32.7 Å². The Morgan fingerprint density at radius 2 is 1.62 bits per heavy atom. The zero-order valence-electron chi connectivity index (χ0n) is 15.4. The first-order valence-corrected chi connectivity index (χ1v) is 9.35. The number of carbonyl (C=O) groups excluding carboxylic acids is 2. The number of esters is 1. The lowest BCUT2D eigenvalue weighted by molar-refractivity contribution is 0.0734. The Hall–Kier alpha value is -3.08. The van der Waals surface area contributed by atoms with Crippen molar-refractivity contribution < 1.29 is 19.1 Å². The van der Waals surface area contributed by atoms with E-state index in [0.29, 0.717) is 38.2 Å². The Kier molecular flexibility index (Phi) is 6.70. The molecule has 0 aliphatic heterocycles. The maximum Gasteiger partial charge on any atom is 0.343 e. The summed E-state index contributed by atoms with van der Waals surface area (Å²) in [7, 11) is 1.52. The Morgan fingerprint density at radius 3 is 2.31 bits per heavy atom. The van der Waals surface area contributed by atoms with Crippen LogP contribution in [-0.2, 0) is 0 Å². The third-order valence-electron chi connectivity index (χ3n) is 4.03. The van der Waals surface area contributed by atoms with Crippen LogP contribution >= 0.6 is 23.2 Å². The van der Waals surface area contributed by atoms with Crippen LogP contribution in [0.25, 0.3) is 6.08 Å². The summed E-state index contributed by atoms with van der Waals surface area (Å²) in [5.41, 5.74) is 1.51. The van der Waals surface area contributed by atoms with Crippen molar-refractivity contribution in [2.45, 2.75) is 0 Å².